The molecule has 0 spiro atoms. The summed E-state index contributed by atoms with van der Waals surface area (Å²) in [5.41, 5.74) is 0.131. The Morgan fingerprint density at radius 3 is 2.75 bits per heavy atom. The van der Waals surface area contributed by atoms with Gasteiger partial charge < -0.3 is 10.0 Å². The van der Waals surface area contributed by atoms with Crippen molar-refractivity contribution in [3.05, 3.63) is 28.8 Å². The highest BCUT2D eigenvalue weighted by Crippen LogP contribution is 2.46. The van der Waals surface area contributed by atoms with Gasteiger partial charge in [-0.2, -0.15) is 4.31 Å². The first-order chi connectivity index (χ1) is 13.2. The Morgan fingerprint density at radius 1 is 1.36 bits per heavy atom. The highest BCUT2D eigenvalue weighted by Gasteiger charge is 2.55. The summed E-state index contributed by atoms with van der Waals surface area (Å²) in [6.07, 6.45) is 0.416. The summed E-state index contributed by atoms with van der Waals surface area (Å²) in [6, 6.07) is 5.40. The third kappa shape index (κ3) is 2.97. The molecule has 28 heavy (non-hydrogen) atoms. The van der Waals surface area contributed by atoms with Gasteiger partial charge in [-0.15, -0.1) is 11.3 Å². The number of thiophene rings is 1. The molecule has 3 heterocycles. The number of amides is 1. The van der Waals surface area contributed by atoms with Crippen molar-refractivity contribution in [1.29, 1.82) is 0 Å². The standard InChI is InChI=1S/C19H23ClN2O4S2/c1-3-17(24)21-7-13-8-22(10-19(13,9-21)11-23)28(25,26)18-12(2)15-6-14(20)4-5-16(15)27-18/h4-6,13,23H,3,7-11H2,1-2H3. The average Bonchev–Trinajstić information content (AvgIpc) is 3.30. The molecule has 4 rings (SSSR count). The van der Waals surface area contributed by atoms with Gasteiger partial charge >= 0.3 is 0 Å². The summed E-state index contributed by atoms with van der Waals surface area (Å²) >= 11 is 7.33. The van der Waals surface area contributed by atoms with E-state index in [1.54, 1.807) is 17.0 Å². The maximum Gasteiger partial charge on any atom is 0.252 e. The molecule has 2 atom stereocenters. The summed E-state index contributed by atoms with van der Waals surface area (Å²) in [5, 5.41) is 11.5. The van der Waals surface area contributed by atoms with Gasteiger partial charge in [0.15, 0.2) is 0 Å². The largest absolute Gasteiger partial charge is 0.396 e. The van der Waals surface area contributed by atoms with Crippen LogP contribution < -0.4 is 0 Å². The van der Waals surface area contributed by atoms with Crippen molar-refractivity contribution in [2.45, 2.75) is 24.5 Å². The van der Waals surface area contributed by atoms with E-state index in [2.05, 4.69) is 0 Å². The van der Waals surface area contributed by atoms with Crippen LogP contribution in [0.2, 0.25) is 5.02 Å². The van der Waals surface area contributed by atoms with Crippen LogP contribution >= 0.6 is 22.9 Å². The lowest BCUT2D eigenvalue weighted by Gasteiger charge is -2.27. The van der Waals surface area contributed by atoms with Gasteiger partial charge in [-0.1, -0.05) is 18.5 Å². The number of sulfonamides is 1. The number of rotatable bonds is 4. The van der Waals surface area contributed by atoms with E-state index < -0.39 is 15.4 Å². The first kappa shape index (κ1) is 20.1. The smallest absolute Gasteiger partial charge is 0.252 e. The number of fused-ring (bicyclic) bond motifs is 2. The molecule has 2 aliphatic rings. The Labute approximate surface area is 173 Å². The lowest BCUT2D eigenvalue weighted by atomic mass is 9.82. The molecule has 2 aliphatic heterocycles. The van der Waals surface area contributed by atoms with Crippen molar-refractivity contribution in [1.82, 2.24) is 9.21 Å². The predicted molar refractivity (Wildman–Crippen MR) is 110 cm³/mol. The second-order valence-electron chi connectivity index (χ2n) is 7.80. The van der Waals surface area contributed by atoms with Crippen molar-refractivity contribution in [2.24, 2.45) is 11.3 Å². The molecule has 0 radical (unpaired) electrons. The zero-order chi connectivity index (χ0) is 20.3. The highest BCUT2D eigenvalue weighted by atomic mass is 35.5. The van der Waals surface area contributed by atoms with Gasteiger partial charge in [0.1, 0.15) is 4.21 Å². The average molecular weight is 443 g/mol. The fraction of sp³-hybridized carbons (Fsp3) is 0.526. The lowest BCUT2D eigenvalue weighted by Crippen LogP contribution is -2.40. The SMILES string of the molecule is CCC(=O)N1CC2CN(S(=O)(=O)c3sc4ccc(Cl)cc4c3C)CC2(CO)C1. The number of aryl methyl sites for hydroxylation is 1. The number of carbonyl (C=O) groups excluding carboxylic acids is 1. The summed E-state index contributed by atoms with van der Waals surface area (Å²) in [4.78, 5) is 13.8. The molecular formula is C19H23ClN2O4S2. The Bertz CT molecular complexity index is 1050. The van der Waals surface area contributed by atoms with E-state index >= 15 is 0 Å². The van der Waals surface area contributed by atoms with Crippen LogP contribution in [-0.2, 0) is 14.8 Å². The molecule has 9 heteroatoms. The molecule has 0 saturated carbocycles. The number of halogens is 1. The fourth-order valence-corrected chi connectivity index (χ4v) is 8.12. The summed E-state index contributed by atoms with van der Waals surface area (Å²) in [5.74, 6) is 0.000709. The number of benzene rings is 1. The van der Waals surface area contributed by atoms with E-state index in [4.69, 9.17) is 11.6 Å². The quantitative estimate of drug-likeness (QED) is 0.789. The Morgan fingerprint density at radius 2 is 2.11 bits per heavy atom. The molecule has 1 aromatic carbocycles. The molecule has 2 unspecified atom stereocenters. The first-order valence-electron chi connectivity index (χ1n) is 9.29. The van der Waals surface area contributed by atoms with Gasteiger partial charge in [-0.05, 0) is 36.1 Å². The Hall–Kier alpha value is -1.19. The fourth-order valence-electron chi connectivity index (χ4n) is 4.49. The van der Waals surface area contributed by atoms with Crippen molar-refractivity contribution < 1.29 is 18.3 Å². The van der Waals surface area contributed by atoms with Gasteiger partial charge in [0.25, 0.3) is 10.0 Å². The van der Waals surface area contributed by atoms with Crippen LogP contribution in [0, 0.1) is 18.3 Å². The van der Waals surface area contributed by atoms with Gasteiger partial charge in [0, 0.05) is 53.7 Å². The van der Waals surface area contributed by atoms with Crippen LogP contribution in [0.4, 0.5) is 0 Å². The summed E-state index contributed by atoms with van der Waals surface area (Å²) in [7, 11) is -3.68. The molecule has 1 N–H and O–H groups in total. The van der Waals surface area contributed by atoms with Crippen LogP contribution in [0.3, 0.4) is 0 Å². The van der Waals surface area contributed by atoms with Gasteiger partial charge in [-0.3, -0.25) is 4.79 Å². The maximum absolute atomic E-state index is 13.4. The molecule has 2 fully saturated rings. The lowest BCUT2D eigenvalue weighted by molar-refractivity contribution is -0.130. The second-order valence-corrected chi connectivity index (χ2v) is 11.4. The van der Waals surface area contributed by atoms with Gasteiger partial charge in [0.2, 0.25) is 5.91 Å². The molecule has 2 aromatic rings. The summed E-state index contributed by atoms with van der Waals surface area (Å²) in [6.45, 7) is 4.97. The number of aliphatic hydroxyl groups excluding tert-OH is 1. The molecule has 0 bridgehead atoms. The van der Waals surface area contributed by atoms with E-state index in [0.29, 0.717) is 40.9 Å². The highest BCUT2D eigenvalue weighted by molar-refractivity contribution is 7.91. The number of nitrogens with zero attached hydrogens (tertiary/aromatic N) is 2. The molecule has 2 saturated heterocycles. The van der Waals surface area contributed by atoms with Crippen LogP contribution in [0.5, 0.6) is 0 Å². The van der Waals surface area contributed by atoms with Crippen molar-refractivity contribution >= 4 is 49.0 Å². The number of aliphatic hydroxyl groups is 1. The second kappa shape index (κ2) is 6.95. The van der Waals surface area contributed by atoms with E-state index in [9.17, 15) is 18.3 Å². The zero-order valence-electron chi connectivity index (χ0n) is 15.8. The van der Waals surface area contributed by atoms with Gasteiger partial charge in [0.05, 0.1) is 6.61 Å². The minimum absolute atomic E-state index is 0.0492. The van der Waals surface area contributed by atoms with E-state index in [0.717, 1.165) is 10.1 Å². The van der Waals surface area contributed by atoms with Crippen molar-refractivity contribution in [2.75, 3.05) is 32.8 Å². The molecule has 152 valence electrons. The van der Waals surface area contributed by atoms with E-state index in [1.165, 1.54) is 15.6 Å². The number of carbonyl (C=O) groups is 1. The number of likely N-dealkylation sites (tertiary alicyclic amines) is 1. The van der Waals surface area contributed by atoms with Crippen LogP contribution in [0.1, 0.15) is 18.9 Å². The molecule has 1 amide bonds. The first-order valence-corrected chi connectivity index (χ1v) is 11.9. The Kier molecular flexibility index (Phi) is 4.99. The van der Waals surface area contributed by atoms with E-state index in [-0.39, 0.29) is 25.0 Å². The Balaban J connectivity index is 1.66. The topological polar surface area (TPSA) is 77.9 Å². The predicted octanol–water partition coefficient (Wildman–Crippen LogP) is 2.71. The number of hydrogen-bond donors (Lipinski definition) is 1. The van der Waals surface area contributed by atoms with Crippen LogP contribution in [0.15, 0.2) is 22.4 Å². The van der Waals surface area contributed by atoms with E-state index in [1.807, 2.05) is 19.9 Å². The molecule has 6 nitrogen and oxygen atoms in total. The van der Waals surface area contributed by atoms with Crippen molar-refractivity contribution in [3.63, 3.8) is 0 Å². The van der Waals surface area contributed by atoms with Crippen molar-refractivity contribution in [3.8, 4) is 0 Å². The monoisotopic (exact) mass is 442 g/mol. The third-order valence-electron chi connectivity index (χ3n) is 6.13. The molecular weight excluding hydrogens is 420 g/mol. The summed E-state index contributed by atoms with van der Waals surface area (Å²) < 4.78 is 29.5. The molecule has 1 aromatic heterocycles. The van der Waals surface area contributed by atoms with Gasteiger partial charge in [-0.25, -0.2) is 8.42 Å². The minimum atomic E-state index is -3.68. The van der Waals surface area contributed by atoms with Crippen LogP contribution in [0.25, 0.3) is 10.1 Å². The maximum atomic E-state index is 13.4. The zero-order valence-corrected chi connectivity index (χ0v) is 18.2. The normalized spacial score (nSPS) is 25.6. The number of hydrogen-bond acceptors (Lipinski definition) is 5. The third-order valence-corrected chi connectivity index (χ3v) is 10.0. The molecule has 0 aliphatic carbocycles. The van der Waals surface area contributed by atoms with Crippen LogP contribution in [-0.4, -0.2) is 61.4 Å². The minimum Gasteiger partial charge on any atom is -0.396 e.